The minimum Gasteiger partial charge on any atom is -0.501 e. The van der Waals surface area contributed by atoms with Crippen LogP contribution < -0.4 is 15.4 Å². The Hall–Kier alpha value is -4.16. The summed E-state index contributed by atoms with van der Waals surface area (Å²) < 4.78 is 40.5. The third-order valence-corrected chi connectivity index (χ3v) is 8.28. The number of fused-ring (bicyclic) bond motifs is 1. The first-order valence-corrected chi connectivity index (χ1v) is 14.4. The molecule has 3 N–H and O–H groups in total. The number of nitrogens with zero attached hydrogens (tertiary/aromatic N) is 3. The Kier molecular flexibility index (Phi) is 7.90. The Morgan fingerprint density at radius 3 is 2.45 bits per heavy atom. The van der Waals surface area contributed by atoms with Gasteiger partial charge in [0.1, 0.15) is 11.5 Å². The summed E-state index contributed by atoms with van der Waals surface area (Å²) in [4.78, 5) is 24.0. The van der Waals surface area contributed by atoms with Crippen molar-refractivity contribution in [2.24, 2.45) is 0 Å². The number of carbonyl (C=O) groups is 1. The van der Waals surface area contributed by atoms with Gasteiger partial charge in [-0.2, -0.15) is 0 Å². The summed E-state index contributed by atoms with van der Waals surface area (Å²) >= 11 is 0. The number of likely N-dealkylation sites (tertiary alicyclic amines) is 1. The number of rotatable bonds is 9. The fourth-order valence-electron chi connectivity index (χ4n) is 4.84. The summed E-state index contributed by atoms with van der Waals surface area (Å²) in [7, 11) is 0.960. The molecule has 3 aromatic rings. The van der Waals surface area contributed by atoms with Crippen molar-refractivity contribution < 1.29 is 22.7 Å². The Bertz CT molecular complexity index is 1590. The largest absolute Gasteiger partial charge is 0.501 e. The molecule has 11 nitrogen and oxygen atoms in total. The SMILES string of the molecule is COC1=CC(Nc2nc3ccccc3nc2NS(=O)(=O)c2cccc(NC(=O)[C@@H]3CCCN3C)c2)CC(OC)=C1. The number of carbonyl (C=O) groups excluding carboxylic acids is 1. The van der Waals surface area contributed by atoms with Gasteiger partial charge in [-0.1, -0.05) is 18.2 Å². The highest BCUT2D eigenvalue weighted by Gasteiger charge is 2.28. The van der Waals surface area contributed by atoms with Crippen LogP contribution in [-0.2, 0) is 24.3 Å². The molecule has 40 heavy (non-hydrogen) atoms. The van der Waals surface area contributed by atoms with E-state index < -0.39 is 10.0 Å². The van der Waals surface area contributed by atoms with Crippen LogP contribution in [0.4, 0.5) is 17.3 Å². The minimum atomic E-state index is -4.09. The first kappa shape index (κ1) is 27.4. The maximum absolute atomic E-state index is 13.5. The molecule has 0 saturated carbocycles. The number of sulfonamides is 1. The molecule has 0 radical (unpaired) electrons. The molecule has 2 atom stereocenters. The van der Waals surface area contributed by atoms with E-state index in [2.05, 4.69) is 25.3 Å². The van der Waals surface area contributed by atoms with Crippen LogP contribution in [0.1, 0.15) is 19.3 Å². The van der Waals surface area contributed by atoms with Gasteiger partial charge in [-0.05, 0) is 62.8 Å². The second-order valence-electron chi connectivity index (χ2n) is 9.71. The average molecular weight is 565 g/mol. The molecule has 1 saturated heterocycles. The summed E-state index contributed by atoms with van der Waals surface area (Å²) in [6.45, 7) is 0.853. The van der Waals surface area contributed by atoms with Gasteiger partial charge >= 0.3 is 0 Å². The van der Waals surface area contributed by atoms with Crippen molar-refractivity contribution in [1.29, 1.82) is 0 Å². The molecule has 12 heteroatoms. The molecule has 5 rings (SSSR count). The summed E-state index contributed by atoms with van der Waals surface area (Å²) in [5.41, 5.74) is 1.53. The van der Waals surface area contributed by atoms with Gasteiger partial charge in [-0.3, -0.25) is 14.4 Å². The third-order valence-electron chi connectivity index (χ3n) is 6.95. The van der Waals surface area contributed by atoms with Crippen LogP contribution >= 0.6 is 0 Å². The number of para-hydroxylation sites is 2. The lowest BCUT2D eigenvalue weighted by Gasteiger charge is -2.23. The molecule has 2 heterocycles. The molecule has 1 unspecified atom stereocenters. The van der Waals surface area contributed by atoms with Crippen molar-refractivity contribution in [2.75, 3.05) is 43.2 Å². The van der Waals surface area contributed by atoms with Gasteiger partial charge < -0.3 is 20.1 Å². The van der Waals surface area contributed by atoms with E-state index in [1.165, 1.54) is 12.1 Å². The Morgan fingerprint density at radius 1 is 1.02 bits per heavy atom. The third kappa shape index (κ3) is 6.02. The molecule has 1 fully saturated rings. The topological polar surface area (TPSA) is 135 Å². The van der Waals surface area contributed by atoms with Crippen molar-refractivity contribution in [2.45, 2.75) is 36.2 Å². The number of anilines is 3. The molecule has 1 aliphatic carbocycles. The number of hydrogen-bond acceptors (Lipinski definition) is 9. The number of methoxy groups -OCH3 is 2. The molecular weight excluding hydrogens is 532 g/mol. The zero-order valence-electron chi connectivity index (χ0n) is 22.5. The van der Waals surface area contributed by atoms with Gasteiger partial charge in [0.25, 0.3) is 10.0 Å². The number of likely N-dealkylation sites (N-methyl/N-ethyl adjacent to an activating group) is 1. The molecule has 2 aromatic carbocycles. The van der Waals surface area contributed by atoms with E-state index in [9.17, 15) is 13.2 Å². The van der Waals surface area contributed by atoms with Gasteiger partial charge in [0.05, 0.1) is 42.2 Å². The predicted molar refractivity (Wildman–Crippen MR) is 153 cm³/mol. The fraction of sp³-hybridized carbons (Fsp3) is 0.321. The van der Waals surface area contributed by atoms with E-state index in [-0.39, 0.29) is 34.5 Å². The lowest BCUT2D eigenvalue weighted by Crippen LogP contribution is -2.37. The van der Waals surface area contributed by atoms with E-state index in [0.717, 1.165) is 19.4 Å². The first-order valence-electron chi connectivity index (χ1n) is 12.9. The quantitative estimate of drug-likeness (QED) is 0.355. The first-order chi connectivity index (χ1) is 19.3. The molecule has 210 valence electrons. The van der Waals surface area contributed by atoms with Crippen molar-refractivity contribution >= 4 is 44.3 Å². The Balaban J connectivity index is 1.42. The zero-order chi connectivity index (χ0) is 28.3. The maximum atomic E-state index is 13.5. The summed E-state index contributed by atoms with van der Waals surface area (Å²) in [5, 5.41) is 6.13. The van der Waals surface area contributed by atoms with Gasteiger partial charge in [-0.25, -0.2) is 18.4 Å². The van der Waals surface area contributed by atoms with Crippen LogP contribution in [0.5, 0.6) is 0 Å². The lowest BCUT2D eigenvalue weighted by molar-refractivity contribution is -0.119. The number of amides is 1. The highest BCUT2D eigenvalue weighted by molar-refractivity contribution is 7.92. The highest BCUT2D eigenvalue weighted by atomic mass is 32.2. The number of hydrogen-bond donors (Lipinski definition) is 3. The van der Waals surface area contributed by atoms with Crippen molar-refractivity contribution in [3.63, 3.8) is 0 Å². The number of allylic oxidation sites excluding steroid dienone is 1. The molecule has 0 bridgehead atoms. The summed E-state index contributed by atoms with van der Waals surface area (Å²) in [5.74, 6) is 1.45. The molecule has 1 amide bonds. The predicted octanol–water partition coefficient (Wildman–Crippen LogP) is 3.71. The van der Waals surface area contributed by atoms with Crippen LogP contribution in [0.25, 0.3) is 11.0 Å². The Labute approximate surface area is 233 Å². The van der Waals surface area contributed by atoms with Crippen molar-refractivity contribution in [3.8, 4) is 0 Å². The standard InChI is InChI=1S/C28H32N6O5S/c1-34-13-7-12-25(34)28(35)30-18-8-6-9-22(16-18)40(36,37)33-27-26(31-23-10-4-5-11-24(23)32-27)29-19-14-20(38-2)17-21(15-19)39-3/h4-6,8-11,14,16-17,19,25H,7,12-13,15H2,1-3H3,(H,29,31)(H,30,35)(H,32,33)/t19?,25-/m0/s1. The minimum absolute atomic E-state index is 0.0187. The van der Waals surface area contributed by atoms with Gasteiger partial charge in [0, 0.05) is 18.2 Å². The van der Waals surface area contributed by atoms with Crippen LogP contribution in [0.3, 0.4) is 0 Å². The van der Waals surface area contributed by atoms with Gasteiger partial charge in [0.2, 0.25) is 5.91 Å². The van der Waals surface area contributed by atoms with E-state index in [0.29, 0.717) is 34.7 Å². The molecule has 0 spiro atoms. The number of nitrogens with one attached hydrogen (secondary N) is 3. The van der Waals surface area contributed by atoms with Crippen molar-refractivity contribution in [3.05, 3.63) is 72.2 Å². The lowest BCUT2D eigenvalue weighted by atomic mass is 10.1. The normalized spacial score (nSPS) is 19.5. The second kappa shape index (κ2) is 11.5. The Morgan fingerprint density at radius 2 is 1.77 bits per heavy atom. The van der Waals surface area contributed by atoms with E-state index in [1.54, 1.807) is 50.6 Å². The molecule has 1 aliphatic heterocycles. The second-order valence-corrected chi connectivity index (χ2v) is 11.4. The van der Waals surface area contributed by atoms with E-state index >= 15 is 0 Å². The van der Waals surface area contributed by atoms with Crippen molar-refractivity contribution in [1.82, 2.24) is 14.9 Å². The smallest absolute Gasteiger partial charge is 0.263 e. The van der Waals surface area contributed by atoms with Crippen LogP contribution in [0.2, 0.25) is 0 Å². The highest BCUT2D eigenvalue weighted by Crippen LogP contribution is 2.29. The number of ether oxygens (including phenoxy) is 2. The maximum Gasteiger partial charge on any atom is 0.263 e. The van der Waals surface area contributed by atoms with E-state index in [4.69, 9.17) is 9.47 Å². The van der Waals surface area contributed by atoms with Gasteiger partial charge in [0.15, 0.2) is 11.6 Å². The monoisotopic (exact) mass is 564 g/mol. The zero-order valence-corrected chi connectivity index (χ0v) is 23.4. The summed E-state index contributed by atoms with van der Waals surface area (Å²) in [6.07, 6.45) is 5.88. The molecule has 2 aliphatic rings. The average Bonchev–Trinajstić information content (AvgIpc) is 3.39. The summed E-state index contributed by atoms with van der Waals surface area (Å²) in [6, 6.07) is 12.8. The van der Waals surface area contributed by atoms with Crippen LogP contribution in [0.15, 0.2) is 77.1 Å². The number of aromatic nitrogens is 2. The number of benzene rings is 2. The van der Waals surface area contributed by atoms with E-state index in [1.807, 2.05) is 24.1 Å². The molecular formula is C28H32N6O5S. The van der Waals surface area contributed by atoms with Crippen LogP contribution in [0, 0.1) is 0 Å². The van der Waals surface area contributed by atoms with Gasteiger partial charge in [-0.15, -0.1) is 0 Å². The molecule has 1 aromatic heterocycles. The fourth-order valence-corrected chi connectivity index (χ4v) is 5.90. The van der Waals surface area contributed by atoms with Crippen LogP contribution in [-0.4, -0.2) is 69.1 Å².